The Morgan fingerprint density at radius 2 is 1.50 bits per heavy atom. The minimum absolute atomic E-state index is 0.593. The van der Waals surface area contributed by atoms with E-state index in [9.17, 15) is 0 Å². The first-order valence-corrected chi connectivity index (χ1v) is 6.31. The standard InChI is InChI=1S/C6H9NS.C4H10.C2H6/c1-5(2)6-7-3-4-8-6;1-4(2)3;1-2/h3-5H,1-2H3;4H,1-3H3;1-2H3. The predicted molar refractivity (Wildman–Crippen MR) is 68.1 cm³/mol. The molecule has 0 aliphatic heterocycles. The van der Waals surface area contributed by atoms with Crippen LogP contribution in [0.5, 0.6) is 0 Å². The quantitative estimate of drug-likeness (QED) is 0.645. The highest BCUT2D eigenvalue weighted by Crippen LogP contribution is 2.15. The van der Waals surface area contributed by atoms with Gasteiger partial charge in [0.15, 0.2) is 0 Å². The molecule has 0 amide bonds. The molecule has 1 rings (SSSR count). The Labute approximate surface area is 93.6 Å². The van der Waals surface area contributed by atoms with Gasteiger partial charge in [0.2, 0.25) is 0 Å². The third-order valence-corrected chi connectivity index (χ3v) is 2.02. The van der Waals surface area contributed by atoms with E-state index in [0.717, 1.165) is 5.92 Å². The first-order valence-electron chi connectivity index (χ1n) is 5.43. The molecule has 0 radical (unpaired) electrons. The van der Waals surface area contributed by atoms with Crippen molar-refractivity contribution in [2.24, 2.45) is 5.92 Å². The molecule has 0 aliphatic carbocycles. The summed E-state index contributed by atoms with van der Waals surface area (Å²) < 4.78 is 0. The molecular formula is C12H25NS. The lowest BCUT2D eigenvalue weighted by atomic mass is 10.2. The molecule has 84 valence electrons. The Hall–Kier alpha value is -0.370. The van der Waals surface area contributed by atoms with Crippen molar-refractivity contribution in [1.29, 1.82) is 0 Å². The van der Waals surface area contributed by atoms with Crippen LogP contribution in [0.25, 0.3) is 0 Å². The second-order valence-electron chi connectivity index (χ2n) is 3.76. The summed E-state index contributed by atoms with van der Waals surface area (Å²) in [7, 11) is 0. The van der Waals surface area contributed by atoms with Crippen LogP contribution in [0.3, 0.4) is 0 Å². The van der Waals surface area contributed by atoms with Crippen molar-refractivity contribution in [2.45, 2.75) is 54.4 Å². The molecule has 0 bridgehead atoms. The minimum Gasteiger partial charge on any atom is -0.249 e. The van der Waals surface area contributed by atoms with Crippen LogP contribution < -0.4 is 0 Å². The number of hydrogen-bond acceptors (Lipinski definition) is 2. The van der Waals surface area contributed by atoms with Gasteiger partial charge in [-0.05, 0) is 5.92 Å². The summed E-state index contributed by atoms with van der Waals surface area (Å²) in [4.78, 5) is 4.13. The molecule has 0 unspecified atom stereocenters. The summed E-state index contributed by atoms with van der Waals surface area (Å²) in [5, 5.41) is 3.24. The van der Waals surface area contributed by atoms with Crippen molar-refractivity contribution in [3.63, 3.8) is 0 Å². The van der Waals surface area contributed by atoms with Gasteiger partial charge in [0, 0.05) is 17.5 Å². The van der Waals surface area contributed by atoms with Gasteiger partial charge in [0.05, 0.1) is 5.01 Å². The maximum Gasteiger partial charge on any atom is 0.0950 e. The first-order chi connectivity index (χ1) is 6.54. The van der Waals surface area contributed by atoms with Crippen LogP contribution in [0, 0.1) is 5.92 Å². The van der Waals surface area contributed by atoms with Gasteiger partial charge in [-0.3, -0.25) is 0 Å². The molecule has 0 saturated carbocycles. The summed E-state index contributed by atoms with van der Waals surface area (Å²) in [5.41, 5.74) is 0. The topological polar surface area (TPSA) is 12.9 Å². The Bertz CT molecular complexity index is 175. The van der Waals surface area contributed by atoms with E-state index in [1.54, 1.807) is 11.3 Å². The monoisotopic (exact) mass is 215 g/mol. The lowest BCUT2D eigenvalue weighted by Gasteiger charge is -1.93. The van der Waals surface area contributed by atoms with Gasteiger partial charge in [0.1, 0.15) is 0 Å². The number of nitrogens with zero attached hydrogens (tertiary/aromatic N) is 1. The second-order valence-corrected chi connectivity index (χ2v) is 4.68. The number of thiazole rings is 1. The average molecular weight is 215 g/mol. The fourth-order valence-corrected chi connectivity index (χ4v) is 1.17. The molecule has 0 N–H and O–H groups in total. The summed E-state index contributed by atoms with van der Waals surface area (Å²) in [5.74, 6) is 1.43. The highest BCUT2D eigenvalue weighted by molar-refractivity contribution is 7.09. The summed E-state index contributed by atoms with van der Waals surface area (Å²) >= 11 is 1.72. The molecule has 0 saturated heterocycles. The summed E-state index contributed by atoms with van der Waals surface area (Å²) in [6, 6.07) is 0. The highest BCUT2D eigenvalue weighted by Gasteiger charge is 1.97. The molecule has 0 aromatic carbocycles. The van der Waals surface area contributed by atoms with E-state index in [0.29, 0.717) is 5.92 Å². The molecule has 14 heavy (non-hydrogen) atoms. The highest BCUT2D eigenvalue weighted by atomic mass is 32.1. The van der Waals surface area contributed by atoms with Gasteiger partial charge in [-0.2, -0.15) is 0 Å². The lowest BCUT2D eigenvalue weighted by molar-refractivity contribution is 0.737. The van der Waals surface area contributed by atoms with Crippen molar-refractivity contribution >= 4 is 11.3 Å². The van der Waals surface area contributed by atoms with Crippen molar-refractivity contribution in [2.75, 3.05) is 0 Å². The minimum atomic E-state index is 0.593. The van der Waals surface area contributed by atoms with E-state index in [2.05, 4.69) is 39.6 Å². The molecule has 1 heterocycles. The van der Waals surface area contributed by atoms with Gasteiger partial charge in [-0.1, -0.05) is 48.5 Å². The number of rotatable bonds is 1. The van der Waals surface area contributed by atoms with Crippen LogP contribution in [0.2, 0.25) is 0 Å². The van der Waals surface area contributed by atoms with Crippen LogP contribution in [-0.4, -0.2) is 4.98 Å². The van der Waals surface area contributed by atoms with E-state index in [-0.39, 0.29) is 0 Å². The smallest absolute Gasteiger partial charge is 0.0950 e. The van der Waals surface area contributed by atoms with Crippen LogP contribution in [0.15, 0.2) is 11.6 Å². The Morgan fingerprint density at radius 1 is 1.07 bits per heavy atom. The fourth-order valence-electron chi connectivity index (χ4n) is 0.520. The van der Waals surface area contributed by atoms with Gasteiger partial charge in [-0.25, -0.2) is 4.98 Å². The van der Waals surface area contributed by atoms with Crippen molar-refractivity contribution in [3.8, 4) is 0 Å². The molecular weight excluding hydrogens is 190 g/mol. The third kappa shape index (κ3) is 11.6. The Morgan fingerprint density at radius 3 is 1.64 bits per heavy atom. The first kappa shape index (κ1) is 16.1. The van der Waals surface area contributed by atoms with Gasteiger partial charge in [-0.15, -0.1) is 11.3 Å². The van der Waals surface area contributed by atoms with E-state index >= 15 is 0 Å². The zero-order valence-electron chi connectivity index (χ0n) is 10.7. The number of hydrogen-bond donors (Lipinski definition) is 0. The maximum atomic E-state index is 4.13. The average Bonchev–Trinajstić information content (AvgIpc) is 2.58. The molecule has 0 atom stereocenters. The molecule has 1 nitrogen and oxygen atoms in total. The largest absolute Gasteiger partial charge is 0.249 e. The van der Waals surface area contributed by atoms with Gasteiger partial charge < -0.3 is 0 Å². The second kappa shape index (κ2) is 10.7. The lowest BCUT2D eigenvalue weighted by Crippen LogP contribution is -1.81. The van der Waals surface area contributed by atoms with Crippen LogP contribution >= 0.6 is 11.3 Å². The molecule has 0 fully saturated rings. The Kier molecular flexibility index (Phi) is 12.3. The third-order valence-electron chi connectivity index (χ3n) is 0.945. The summed E-state index contributed by atoms with van der Waals surface area (Å²) in [6.07, 6.45) is 1.85. The van der Waals surface area contributed by atoms with Crippen LogP contribution in [0.4, 0.5) is 0 Å². The number of aromatic nitrogens is 1. The molecule has 0 aliphatic rings. The molecule has 2 heteroatoms. The van der Waals surface area contributed by atoms with Gasteiger partial charge >= 0.3 is 0 Å². The maximum absolute atomic E-state index is 4.13. The van der Waals surface area contributed by atoms with E-state index in [4.69, 9.17) is 0 Å². The fraction of sp³-hybridized carbons (Fsp3) is 0.750. The zero-order valence-corrected chi connectivity index (χ0v) is 11.5. The van der Waals surface area contributed by atoms with Crippen LogP contribution in [0.1, 0.15) is 59.4 Å². The van der Waals surface area contributed by atoms with Crippen molar-refractivity contribution in [1.82, 2.24) is 4.98 Å². The molecule has 1 aromatic rings. The summed E-state index contributed by atoms with van der Waals surface area (Å²) in [6.45, 7) is 14.8. The van der Waals surface area contributed by atoms with Crippen molar-refractivity contribution < 1.29 is 0 Å². The zero-order chi connectivity index (χ0) is 11.6. The van der Waals surface area contributed by atoms with Crippen LogP contribution in [-0.2, 0) is 0 Å². The van der Waals surface area contributed by atoms with Crippen molar-refractivity contribution in [3.05, 3.63) is 16.6 Å². The van der Waals surface area contributed by atoms with Gasteiger partial charge in [0.25, 0.3) is 0 Å². The van der Waals surface area contributed by atoms with E-state index in [1.807, 2.05) is 25.4 Å². The SMILES string of the molecule is CC.CC(C)C.CC(C)c1nccs1. The Balaban J connectivity index is 0. The predicted octanol–water partition coefficient (Wildman–Crippen LogP) is 4.96. The normalized spacial score (nSPS) is 8.93. The molecule has 1 aromatic heterocycles. The molecule has 0 spiro atoms. The van der Waals surface area contributed by atoms with E-state index < -0.39 is 0 Å². The van der Waals surface area contributed by atoms with E-state index in [1.165, 1.54) is 5.01 Å².